The SMILES string of the molecule is O=C1CC2C=CC1C1=CCC=C12. The van der Waals surface area contributed by atoms with Crippen LogP contribution in [0.5, 0.6) is 0 Å². The molecule has 12 heavy (non-hydrogen) atoms. The van der Waals surface area contributed by atoms with Crippen molar-refractivity contribution in [2.24, 2.45) is 11.8 Å². The van der Waals surface area contributed by atoms with Gasteiger partial charge in [-0.1, -0.05) is 24.3 Å². The van der Waals surface area contributed by atoms with E-state index in [1.807, 2.05) is 0 Å². The van der Waals surface area contributed by atoms with Gasteiger partial charge in [0.25, 0.3) is 0 Å². The summed E-state index contributed by atoms with van der Waals surface area (Å²) < 4.78 is 0. The zero-order valence-electron chi connectivity index (χ0n) is 6.79. The quantitative estimate of drug-likeness (QED) is 0.493. The van der Waals surface area contributed by atoms with Gasteiger partial charge in [0, 0.05) is 12.3 Å². The van der Waals surface area contributed by atoms with E-state index in [1.54, 1.807) is 0 Å². The monoisotopic (exact) mass is 158 g/mol. The zero-order chi connectivity index (χ0) is 8.13. The van der Waals surface area contributed by atoms with Crippen LogP contribution in [-0.4, -0.2) is 5.78 Å². The minimum Gasteiger partial charge on any atom is -0.299 e. The molecule has 0 saturated heterocycles. The predicted octanol–water partition coefficient (Wildman–Crippen LogP) is 2.02. The summed E-state index contributed by atoms with van der Waals surface area (Å²) in [6.45, 7) is 0. The second-order valence-corrected chi connectivity index (χ2v) is 3.69. The summed E-state index contributed by atoms with van der Waals surface area (Å²) >= 11 is 0. The lowest BCUT2D eigenvalue weighted by molar-refractivity contribution is -0.122. The first-order chi connectivity index (χ1) is 5.86. The van der Waals surface area contributed by atoms with Crippen LogP contribution >= 0.6 is 0 Å². The highest BCUT2D eigenvalue weighted by molar-refractivity contribution is 5.91. The Morgan fingerprint density at radius 2 is 2.00 bits per heavy atom. The van der Waals surface area contributed by atoms with Crippen LogP contribution in [0.3, 0.4) is 0 Å². The molecule has 1 heteroatoms. The van der Waals surface area contributed by atoms with Crippen LogP contribution in [0.15, 0.2) is 35.5 Å². The molecule has 0 N–H and O–H groups in total. The molecular formula is C11H10O. The topological polar surface area (TPSA) is 17.1 Å². The van der Waals surface area contributed by atoms with E-state index < -0.39 is 0 Å². The van der Waals surface area contributed by atoms with Crippen molar-refractivity contribution in [2.45, 2.75) is 12.8 Å². The Kier molecular flexibility index (Phi) is 1.06. The van der Waals surface area contributed by atoms with Crippen molar-refractivity contribution in [1.29, 1.82) is 0 Å². The fraction of sp³-hybridized carbons (Fsp3) is 0.364. The third-order valence-electron chi connectivity index (χ3n) is 3.05. The molecule has 0 spiro atoms. The highest BCUT2D eigenvalue weighted by atomic mass is 16.1. The number of carbonyl (C=O) groups is 1. The van der Waals surface area contributed by atoms with Crippen molar-refractivity contribution in [2.75, 3.05) is 0 Å². The molecule has 1 nitrogen and oxygen atoms in total. The molecular weight excluding hydrogens is 148 g/mol. The molecule has 0 amide bonds. The molecule has 60 valence electrons. The second-order valence-electron chi connectivity index (χ2n) is 3.69. The summed E-state index contributed by atoms with van der Waals surface area (Å²) in [5, 5.41) is 0. The van der Waals surface area contributed by atoms with Crippen molar-refractivity contribution < 1.29 is 4.79 Å². The molecule has 0 aliphatic heterocycles. The van der Waals surface area contributed by atoms with Crippen molar-refractivity contribution in [1.82, 2.24) is 0 Å². The summed E-state index contributed by atoms with van der Waals surface area (Å²) in [6, 6.07) is 0. The van der Waals surface area contributed by atoms with E-state index in [9.17, 15) is 4.79 Å². The molecule has 2 bridgehead atoms. The molecule has 0 heterocycles. The largest absolute Gasteiger partial charge is 0.299 e. The molecule has 0 aromatic rings. The van der Waals surface area contributed by atoms with Gasteiger partial charge in [-0.25, -0.2) is 0 Å². The van der Waals surface area contributed by atoms with Gasteiger partial charge in [-0.2, -0.15) is 0 Å². The van der Waals surface area contributed by atoms with Crippen LogP contribution in [0, 0.1) is 11.8 Å². The molecule has 2 unspecified atom stereocenters. The number of Topliss-reactive ketones (excluding diaryl/α,β-unsaturated/α-hetero) is 1. The van der Waals surface area contributed by atoms with Crippen molar-refractivity contribution in [3.05, 3.63) is 35.5 Å². The molecule has 1 fully saturated rings. The van der Waals surface area contributed by atoms with Crippen LogP contribution in [0.2, 0.25) is 0 Å². The molecule has 0 aromatic carbocycles. The van der Waals surface area contributed by atoms with E-state index in [1.165, 1.54) is 11.1 Å². The lowest BCUT2D eigenvalue weighted by atomic mass is 9.70. The van der Waals surface area contributed by atoms with Gasteiger partial charge in [-0.15, -0.1) is 0 Å². The number of fused-ring (bicyclic) bond motifs is 1. The Bertz CT molecular complexity index is 344. The third-order valence-corrected chi connectivity index (χ3v) is 3.05. The Hall–Kier alpha value is -1.11. The summed E-state index contributed by atoms with van der Waals surface area (Å²) in [5.74, 6) is 0.938. The Balaban J connectivity index is 2.20. The van der Waals surface area contributed by atoms with E-state index in [4.69, 9.17) is 0 Å². The van der Waals surface area contributed by atoms with Crippen LogP contribution in [-0.2, 0) is 4.79 Å². The fourth-order valence-corrected chi connectivity index (χ4v) is 2.48. The number of rotatable bonds is 0. The molecule has 4 aliphatic rings. The summed E-state index contributed by atoms with van der Waals surface area (Å²) in [6.07, 6.45) is 10.5. The maximum Gasteiger partial charge on any atom is 0.145 e. The first kappa shape index (κ1) is 6.41. The molecule has 4 rings (SSSR count). The average molecular weight is 158 g/mol. The van der Waals surface area contributed by atoms with Crippen LogP contribution in [0.4, 0.5) is 0 Å². The Labute approximate surface area is 71.5 Å². The van der Waals surface area contributed by atoms with Gasteiger partial charge in [0.1, 0.15) is 5.78 Å². The number of hydrogen-bond acceptors (Lipinski definition) is 1. The van der Waals surface area contributed by atoms with Gasteiger partial charge < -0.3 is 0 Å². The van der Waals surface area contributed by atoms with Crippen molar-refractivity contribution >= 4 is 5.78 Å². The normalized spacial score (nSPS) is 36.5. The number of ketones is 1. The van der Waals surface area contributed by atoms with Gasteiger partial charge in [-0.3, -0.25) is 4.79 Å². The number of hydrogen-bond donors (Lipinski definition) is 0. The third kappa shape index (κ3) is 0.619. The minimum absolute atomic E-state index is 0.115. The fourth-order valence-electron chi connectivity index (χ4n) is 2.48. The van der Waals surface area contributed by atoms with Crippen LogP contribution < -0.4 is 0 Å². The molecule has 0 radical (unpaired) electrons. The van der Waals surface area contributed by atoms with E-state index in [0.717, 1.165) is 12.8 Å². The smallest absolute Gasteiger partial charge is 0.145 e. The number of allylic oxidation sites excluding steroid dienone is 6. The molecule has 4 aliphatic carbocycles. The van der Waals surface area contributed by atoms with E-state index in [0.29, 0.717) is 11.7 Å². The Morgan fingerprint density at radius 3 is 2.83 bits per heavy atom. The maximum absolute atomic E-state index is 11.5. The number of carbonyl (C=O) groups excluding carboxylic acids is 1. The first-order valence-electron chi connectivity index (χ1n) is 4.48. The molecule has 0 aromatic heterocycles. The van der Waals surface area contributed by atoms with Crippen molar-refractivity contribution in [3.63, 3.8) is 0 Å². The predicted molar refractivity (Wildman–Crippen MR) is 46.5 cm³/mol. The van der Waals surface area contributed by atoms with Gasteiger partial charge in [-0.05, 0) is 17.6 Å². The molecule has 2 atom stereocenters. The van der Waals surface area contributed by atoms with E-state index in [-0.39, 0.29) is 5.92 Å². The molecule has 1 saturated carbocycles. The zero-order valence-corrected chi connectivity index (χ0v) is 6.79. The maximum atomic E-state index is 11.5. The van der Waals surface area contributed by atoms with Gasteiger partial charge in [0.05, 0.1) is 5.92 Å². The lowest BCUT2D eigenvalue weighted by Gasteiger charge is -2.33. The lowest BCUT2D eigenvalue weighted by Crippen LogP contribution is -2.30. The Morgan fingerprint density at radius 1 is 1.17 bits per heavy atom. The summed E-state index contributed by atoms with van der Waals surface area (Å²) in [5.41, 5.74) is 2.74. The van der Waals surface area contributed by atoms with E-state index >= 15 is 0 Å². The first-order valence-corrected chi connectivity index (χ1v) is 4.48. The van der Waals surface area contributed by atoms with Crippen molar-refractivity contribution in [3.8, 4) is 0 Å². The second kappa shape index (κ2) is 1.98. The van der Waals surface area contributed by atoms with Crippen LogP contribution in [0.1, 0.15) is 12.8 Å². The van der Waals surface area contributed by atoms with E-state index in [2.05, 4.69) is 24.3 Å². The average Bonchev–Trinajstić information content (AvgIpc) is 2.53. The summed E-state index contributed by atoms with van der Waals surface area (Å²) in [4.78, 5) is 11.5. The van der Waals surface area contributed by atoms with Gasteiger partial charge >= 0.3 is 0 Å². The highest BCUT2D eigenvalue weighted by Crippen LogP contribution is 2.44. The summed E-state index contributed by atoms with van der Waals surface area (Å²) in [7, 11) is 0. The standard InChI is InChI=1S/C11H10O/c12-11-6-7-4-5-10(11)9-3-1-2-8(7)9/h2-5,7,10H,1,6H2. The minimum atomic E-state index is 0.115. The van der Waals surface area contributed by atoms with Crippen LogP contribution in [0.25, 0.3) is 0 Å². The van der Waals surface area contributed by atoms with Gasteiger partial charge in [0.15, 0.2) is 0 Å². The van der Waals surface area contributed by atoms with Gasteiger partial charge in [0.2, 0.25) is 0 Å². The highest BCUT2D eigenvalue weighted by Gasteiger charge is 2.38.